The average Bonchev–Trinajstić information content (AvgIpc) is 2.31. The second-order valence-corrected chi connectivity index (χ2v) is 3.44. The summed E-state index contributed by atoms with van der Waals surface area (Å²) in [6.45, 7) is 0. The molecule has 2 rings (SSSR count). The van der Waals surface area contributed by atoms with Crippen molar-refractivity contribution in [1.82, 2.24) is 14.5 Å². The number of pyridine rings is 1. The molecule has 0 saturated heterocycles. The van der Waals surface area contributed by atoms with Gasteiger partial charge in [0.1, 0.15) is 0 Å². The number of anilines is 1. The van der Waals surface area contributed by atoms with Crippen LogP contribution in [-0.4, -0.2) is 14.5 Å². The van der Waals surface area contributed by atoms with Crippen LogP contribution in [0, 0.1) is 0 Å². The smallest absolute Gasteiger partial charge is 0.202 e. The molecule has 0 radical (unpaired) electrons. The molecule has 0 aliphatic carbocycles. The summed E-state index contributed by atoms with van der Waals surface area (Å²) < 4.78 is 2.73. The van der Waals surface area contributed by atoms with Gasteiger partial charge in [0.05, 0.1) is 5.52 Å². The van der Waals surface area contributed by atoms with Gasteiger partial charge in [0.25, 0.3) is 0 Å². The van der Waals surface area contributed by atoms with E-state index in [4.69, 9.17) is 5.73 Å². The normalized spacial score (nSPS) is 10.8. The maximum absolute atomic E-state index is 5.60. The van der Waals surface area contributed by atoms with Gasteiger partial charge in [-0.15, -0.1) is 0 Å². The number of rotatable bonds is 0. The SMILES string of the molecule is Cn1c(N)nc2ncc(Br)cc21. The second kappa shape index (κ2) is 2.45. The van der Waals surface area contributed by atoms with Crippen LogP contribution in [0.1, 0.15) is 0 Å². The molecule has 0 aliphatic rings. The molecular weight excluding hydrogens is 220 g/mol. The molecule has 0 unspecified atom stereocenters. The van der Waals surface area contributed by atoms with Crippen LogP contribution in [0.2, 0.25) is 0 Å². The van der Waals surface area contributed by atoms with E-state index in [1.54, 1.807) is 10.8 Å². The van der Waals surface area contributed by atoms with E-state index < -0.39 is 0 Å². The number of hydrogen-bond acceptors (Lipinski definition) is 3. The Morgan fingerprint density at radius 3 is 3.08 bits per heavy atom. The van der Waals surface area contributed by atoms with E-state index >= 15 is 0 Å². The van der Waals surface area contributed by atoms with Gasteiger partial charge in [-0.3, -0.25) is 0 Å². The topological polar surface area (TPSA) is 56.7 Å². The Labute approximate surface area is 77.5 Å². The number of halogens is 1. The van der Waals surface area contributed by atoms with Crippen LogP contribution >= 0.6 is 15.9 Å². The highest BCUT2D eigenvalue weighted by Gasteiger charge is 2.04. The van der Waals surface area contributed by atoms with E-state index in [1.807, 2.05) is 13.1 Å². The van der Waals surface area contributed by atoms with Crippen molar-refractivity contribution in [2.24, 2.45) is 7.05 Å². The Hall–Kier alpha value is -1.10. The first-order valence-corrected chi connectivity index (χ1v) is 4.21. The minimum absolute atomic E-state index is 0.482. The zero-order valence-corrected chi connectivity index (χ0v) is 8.04. The molecule has 2 N–H and O–H groups in total. The van der Waals surface area contributed by atoms with E-state index in [1.165, 1.54) is 0 Å². The molecule has 4 nitrogen and oxygen atoms in total. The van der Waals surface area contributed by atoms with E-state index in [-0.39, 0.29) is 0 Å². The lowest BCUT2D eigenvalue weighted by Gasteiger charge is -1.94. The maximum Gasteiger partial charge on any atom is 0.202 e. The summed E-state index contributed by atoms with van der Waals surface area (Å²) in [6, 6.07) is 1.94. The van der Waals surface area contributed by atoms with E-state index in [9.17, 15) is 0 Å². The summed E-state index contributed by atoms with van der Waals surface area (Å²) in [5.41, 5.74) is 7.21. The van der Waals surface area contributed by atoms with Gasteiger partial charge >= 0.3 is 0 Å². The Bertz CT molecular complexity index is 434. The van der Waals surface area contributed by atoms with Crippen molar-refractivity contribution in [3.05, 3.63) is 16.7 Å². The van der Waals surface area contributed by atoms with Crippen molar-refractivity contribution >= 4 is 33.0 Å². The third kappa shape index (κ3) is 0.972. The van der Waals surface area contributed by atoms with Crippen molar-refractivity contribution < 1.29 is 0 Å². The van der Waals surface area contributed by atoms with E-state index in [2.05, 4.69) is 25.9 Å². The molecule has 0 amide bonds. The first-order chi connectivity index (χ1) is 5.68. The highest BCUT2D eigenvalue weighted by molar-refractivity contribution is 9.10. The molecule has 2 aromatic rings. The molecule has 0 aliphatic heterocycles. The molecule has 0 saturated carbocycles. The van der Waals surface area contributed by atoms with Crippen LogP contribution in [0.15, 0.2) is 16.7 Å². The summed E-state index contributed by atoms with van der Waals surface area (Å²) in [7, 11) is 1.86. The summed E-state index contributed by atoms with van der Waals surface area (Å²) in [4.78, 5) is 8.17. The Morgan fingerprint density at radius 1 is 1.58 bits per heavy atom. The van der Waals surface area contributed by atoms with Gasteiger partial charge in [-0.05, 0) is 22.0 Å². The van der Waals surface area contributed by atoms with Crippen molar-refractivity contribution in [3.63, 3.8) is 0 Å². The predicted octanol–water partition coefficient (Wildman–Crippen LogP) is 1.31. The molecule has 62 valence electrons. The molecule has 0 bridgehead atoms. The van der Waals surface area contributed by atoms with Gasteiger partial charge in [-0.2, -0.15) is 4.98 Å². The molecule has 0 fully saturated rings. The van der Waals surface area contributed by atoms with E-state index in [0.717, 1.165) is 9.99 Å². The number of aryl methyl sites for hydroxylation is 1. The number of aromatic nitrogens is 3. The molecular formula is C7H7BrN4. The molecule has 2 heterocycles. The number of nitrogen functional groups attached to an aromatic ring is 1. The highest BCUT2D eigenvalue weighted by atomic mass is 79.9. The third-order valence-electron chi connectivity index (χ3n) is 1.74. The van der Waals surface area contributed by atoms with Gasteiger partial charge in [0.15, 0.2) is 5.65 Å². The fourth-order valence-corrected chi connectivity index (χ4v) is 1.38. The number of hydrogen-bond donors (Lipinski definition) is 1. The van der Waals surface area contributed by atoms with Gasteiger partial charge in [-0.25, -0.2) is 4.98 Å². The zero-order valence-electron chi connectivity index (χ0n) is 6.45. The zero-order chi connectivity index (χ0) is 8.72. The molecule has 12 heavy (non-hydrogen) atoms. The quantitative estimate of drug-likeness (QED) is 0.738. The number of nitrogens with zero attached hydrogens (tertiary/aromatic N) is 3. The van der Waals surface area contributed by atoms with Crippen molar-refractivity contribution in [2.45, 2.75) is 0 Å². The minimum Gasteiger partial charge on any atom is -0.369 e. The summed E-state index contributed by atoms with van der Waals surface area (Å²) in [6.07, 6.45) is 1.70. The maximum atomic E-state index is 5.60. The van der Waals surface area contributed by atoms with Crippen LogP contribution in [0.5, 0.6) is 0 Å². The molecule has 0 atom stereocenters. The number of imidazole rings is 1. The van der Waals surface area contributed by atoms with Gasteiger partial charge in [-0.1, -0.05) is 0 Å². The lowest BCUT2D eigenvalue weighted by molar-refractivity contribution is 0.965. The molecule has 2 aromatic heterocycles. The minimum atomic E-state index is 0.482. The van der Waals surface area contributed by atoms with Crippen molar-refractivity contribution in [1.29, 1.82) is 0 Å². The van der Waals surface area contributed by atoms with Gasteiger partial charge in [0, 0.05) is 17.7 Å². The lowest BCUT2D eigenvalue weighted by Crippen LogP contribution is -1.95. The van der Waals surface area contributed by atoms with Crippen molar-refractivity contribution in [2.75, 3.05) is 5.73 Å². The summed E-state index contributed by atoms with van der Waals surface area (Å²) in [5, 5.41) is 0. The molecule has 0 aromatic carbocycles. The Balaban J connectivity index is 2.88. The highest BCUT2D eigenvalue weighted by Crippen LogP contribution is 2.17. The van der Waals surface area contributed by atoms with Gasteiger partial charge < -0.3 is 10.3 Å². The van der Waals surface area contributed by atoms with Crippen LogP contribution in [-0.2, 0) is 7.05 Å². The first kappa shape index (κ1) is 7.54. The van der Waals surface area contributed by atoms with Crippen LogP contribution in [0.3, 0.4) is 0 Å². The molecule has 5 heteroatoms. The fraction of sp³-hybridized carbons (Fsp3) is 0.143. The van der Waals surface area contributed by atoms with Crippen LogP contribution in [0.4, 0.5) is 5.95 Å². The van der Waals surface area contributed by atoms with Crippen LogP contribution in [0.25, 0.3) is 11.2 Å². The Kier molecular flexibility index (Phi) is 1.54. The van der Waals surface area contributed by atoms with Crippen molar-refractivity contribution in [3.8, 4) is 0 Å². The summed E-state index contributed by atoms with van der Waals surface area (Å²) >= 11 is 3.33. The first-order valence-electron chi connectivity index (χ1n) is 3.42. The fourth-order valence-electron chi connectivity index (χ4n) is 1.06. The van der Waals surface area contributed by atoms with Crippen LogP contribution < -0.4 is 5.73 Å². The largest absolute Gasteiger partial charge is 0.369 e. The number of nitrogens with two attached hydrogens (primary N) is 1. The number of fused-ring (bicyclic) bond motifs is 1. The Morgan fingerprint density at radius 2 is 2.33 bits per heavy atom. The molecule has 0 spiro atoms. The van der Waals surface area contributed by atoms with Gasteiger partial charge in [0.2, 0.25) is 5.95 Å². The second-order valence-electron chi connectivity index (χ2n) is 2.53. The third-order valence-corrected chi connectivity index (χ3v) is 2.17. The standard InChI is InChI=1S/C7H7BrN4/c1-12-5-2-4(8)3-10-6(5)11-7(12)9/h2-3H,1H3,(H2,9,10,11). The van der Waals surface area contributed by atoms with E-state index in [0.29, 0.717) is 11.6 Å². The predicted molar refractivity (Wildman–Crippen MR) is 50.6 cm³/mol. The average molecular weight is 227 g/mol. The lowest BCUT2D eigenvalue weighted by atomic mass is 10.4. The monoisotopic (exact) mass is 226 g/mol. The summed E-state index contributed by atoms with van der Waals surface area (Å²) in [5.74, 6) is 0.482.